The largest absolute Gasteiger partial charge is 0.374 e. The lowest BCUT2D eigenvalue weighted by molar-refractivity contribution is 0.0772. The minimum Gasteiger partial charge on any atom is -0.374 e. The average molecular weight is 326 g/mol. The fourth-order valence-electron chi connectivity index (χ4n) is 2.33. The Bertz CT molecular complexity index is 633. The SMILES string of the molecule is C=C(C)/C=C(/CN1Cc2c(ccnc2Cl)C1=O)C(O)NCF. The van der Waals surface area contributed by atoms with Crippen LogP contribution in [0.4, 0.5) is 4.39 Å². The molecule has 0 saturated carbocycles. The van der Waals surface area contributed by atoms with Crippen molar-refractivity contribution >= 4 is 17.5 Å². The van der Waals surface area contributed by atoms with Crippen LogP contribution in [0.3, 0.4) is 0 Å². The van der Waals surface area contributed by atoms with Gasteiger partial charge in [-0.3, -0.25) is 10.1 Å². The van der Waals surface area contributed by atoms with Gasteiger partial charge in [-0.05, 0) is 18.6 Å². The van der Waals surface area contributed by atoms with Gasteiger partial charge < -0.3 is 10.0 Å². The monoisotopic (exact) mass is 325 g/mol. The van der Waals surface area contributed by atoms with Crippen LogP contribution in [0.5, 0.6) is 0 Å². The molecule has 7 heteroatoms. The number of alkyl halides is 1. The number of aliphatic hydroxyl groups excluding tert-OH is 1. The first-order chi connectivity index (χ1) is 10.4. The number of carbonyl (C=O) groups is 1. The lowest BCUT2D eigenvalue weighted by Gasteiger charge is -2.22. The van der Waals surface area contributed by atoms with Crippen molar-refractivity contribution < 1.29 is 14.3 Å². The molecule has 1 unspecified atom stereocenters. The Balaban J connectivity index is 2.21. The van der Waals surface area contributed by atoms with Gasteiger partial charge in [0, 0.05) is 23.9 Å². The van der Waals surface area contributed by atoms with E-state index in [-0.39, 0.29) is 12.5 Å². The zero-order chi connectivity index (χ0) is 16.3. The Hall–Kier alpha value is -1.76. The third-order valence-electron chi connectivity index (χ3n) is 3.30. The topological polar surface area (TPSA) is 65.5 Å². The highest BCUT2D eigenvalue weighted by Crippen LogP contribution is 2.28. The van der Waals surface area contributed by atoms with Crippen molar-refractivity contribution in [1.29, 1.82) is 0 Å². The van der Waals surface area contributed by atoms with Gasteiger partial charge in [0.25, 0.3) is 5.91 Å². The fraction of sp³-hybridized carbons (Fsp3) is 0.333. The lowest BCUT2D eigenvalue weighted by atomic mass is 10.1. The van der Waals surface area contributed by atoms with Crippen LogP contribution in [0.2, 0.25) is 5.15 Å². The third kappa shape index (κ3) is 3.52. The number of aliphatic hydroxyl groups is 1. The Morgan fingerprint density at radius 1 is 1.73 bits per heavy atom. The van der Waals surface area contributed by atoms with Crippen molar-refractivity contribution in [1.82, 2.24) is 15.2 Å². The summed E-state index contributed by atoms with van der Waals surface area (Å²) < 4.78 is 12.4. The van der Waals surface area contributed by atoms with E-state index in [0.717, 1.165) is 0 Å². The number of allylic oxidation sites excluding steroid dienone is 2. The molecule has 2 N–H and O–H groups in total. The van der Waals surface area contributed by atoms with E-state index in [9.17, 15) is 14.3 Å². The van der Waals surface area contributed by atoms with E-state index in [2.05, 4.69) is 16.9 Å². The summed E-state index contributed by atoms with van der Waals surface area (Å²) in [6, 6.07) is 1.61. The van der Waals surface area contributed by atoms with E-state index < -0.39 is 13.0 Å². The number of hydrogen-bond donors (Lipinski definition) is 2. The van der Waals surface area contributed by atoms with Crippen molar-refractivity contribution in [2.45, 2.75) is 19.7 Å². The highest BCUT2D eigenvalue weighted by atomic mass is 35.5. The van der Waals surface area contributed by atoms with Gasteiger partial charge in [0.2, 0.25) is 0 Å². The second kappa shape index (κ2) is 7.00. The van der Waals surface area contributed by atoms with Crippen molar-refractivity contribution in [3.05, 3.63) is 52.3 Å². The normalized spacial score (nSPS) is 15.9. The minimum absolute atomic E-state index is 0.144. The Morgan fingerprint density at radius 3 is 3.05 bits per heavy atom. The second-order valence-electron chi connectivity index (χ2n) is 5.09. The van der Waals surface area contributed by atoms with E-state index in [1.54, 1.807) is 19.1 Å². The van der Waals surface area contributed by atoms with E-state index in [0.29, 0.717) is 34.0 Å². The highest BCUT2D eigenvalue weighted by Gasteiger charge is 2.30. The molecule has 0 radical (unpaired) electrons. The van der Waals surface area contributed by atoms with Gasteiger partial charge in [-0.2, -0.15) is 0 Å². The molecular formula is C15H17ClFN3O2. The third-order valence-corrected chi connectivity index (χ3v) is 3.62. The number of fused-ring (bicyclic) bond motifs is 1. The fourth-order valence-corrected chi connectivity index (χ4v) is 2.55. The molecule has 2 rings (SSSR count). The van der Waals surface area contributed by atoms with Crippen LogP contribution in [0.15, 0.2) is 36.1 Å². The number of halogens is 2. The molecule has 0 bridgehead atoms. The number of amides is 1. The van der Waals surface area contributed by atoms with E-state index in [4.69, 9.17) is 11.6 Å². The summed E-state index contributed by atoms with van der Waals surface area (Å²) in [5.41, 5.74) is 2.31. The van der Waals surface area contributed by atoms with E-state index in [1.807, 2.05) is 0 Å². The first-order valence-corrected chi connectivity index (χ1v) is 7.08. The molecule has 1 atom stereocenters. The molecular weight excluding hydrogens is 309 g/mol. The molecule has 1 amide bonds. The summed E-state index contributed by atoms with van der Waals surface area (Å²) in [5.74, 6) is -0.195. The summed E-state index contributed by atoms with van der Waals surface area (Å²) >= 11 is 6.00. The number of hydrogen-bond acceptors (Lipinski definition) is 4. The van der Waals surface area contributed by atoms with Gasteiger partial charge in [-0.15, -0.1) is 0 Å². The van der Waals surface area contributed by atoms with E-state index in [1.165, 1.54) is 11.1 Å². The zero-order valence-corrected chi connectivity index (χ0v) is 12.9. The van der Waals surface area contributed by atoms with Crippen LogP contribution in [-0.2, 0) is 6.54 Å². The molecule has 5 nitrogen and oxygen atoms in total. The van der Waals surface area contributed by atoms with Gasteiger partial charge in [0.1, 0.15) is 18.2 Å². The Morgan fingerprint density at radius 2 is 2.45 bits per heavy atom. The van der Waals surface area contributed by atoms with Gasteiger partial charge in [0.05, 0.1) is 6.54 Å². The predicted octanol–water partition coefficient (Wildman–Crippen LogP) is 2.03. The van der Waals surface area contributed by atoms with E-state index >= 15 is 0 Å². The molecule has 1 aromatic heterocycles. The van der Waals surface area contributed by atoms with Crippen LogP contribution in [0.1, 0.15) is 22.8 Å². The maximum atomic E-state index is 12.4. The maximum Gasteiger partial charge on any atom is 0.254 e. The minimum atomic E-state index is -1.19. The number of nitrogens with zero attached hydrogens (tertiary/aromatic N) is 2. The van der Waals surface area contributed by atoms with Crippen molar-refractivity contribution in [3.63, 3.8) is 0 Å². The molecule has 0 aromatic carbocycles. The molecule has 0 fully saturated rings. The summed E-state index contributed by atoms with van der Waals surface area (Å²) in [6.45, 7) is 5.06. The molecule has 22 heavy (non-hydrogen) atoms. The predicted molar refractivity (Wildman–Crippen MR) is 82.0 cm³/mol. The highest BCUT2D eigenvalue weighted by molar-refractivity contribution is 6.30. The molecule has 1 aliphatic heterocycles. The first-order valence-electron chi connectivity index (χ1n) is 6.70. The van der Waals surface area contributed by atoms with Gasteiger partial charge in [-0.1, -0.05) is 29.8 Å². The van der Waals surface area contributed by atoms with Crippen LogP contribution in [-0.4, -0.2) is 40.5 Å². The van der Waals surface area contributed by atoms with Crippen LogP contribution in [0, 0.1) is 0 Å². The smallest absolute Gasteiger partial charge is 0.254 e. The Kier molecular flexibility index (Phi) is 5.28. The second-order valence-corrected chi connectivity index (χ2v) is 5.45. The zero-order valence-electron chi connectivity index (χ0n) is 12.1. The average Bonchev–Trinajstić information content (AvgIpc) is 2.77. The van der Waals surface area contributed by atoms with Crippen LogP contribution in [0.25, 0.3) is 0 Å². The molecule has 118 valence electrons. The quantitative estimate of drug-likeness (QED) is 0.363. The van der Waals surface area contributed by atoms with Crippen molar-refractivity contribution in [3.8, 4) is 0 Å². The summed E-state index contributed by atoms with van der Waals surface area (Å²) in [7, 11) is 0. The van der Waals surface area contributed by atoms with Crippen LogP contribution < -0.4 is 5.32 Å². The lowest BCUT2D eigenvalue weighted by Crippen LogP contribution is -2.36. The summed E-state index contributed by atoms with van der Waals surface area (Å²) in [5, 5.41) is 12.5. The summed E-state index contributed by atoms with van der Waals surface area (Å²) in [4.78, 5) is 17.8. The number of carbonyl (C=O) groups excluding carboxylic acids is 1. The molecule has 0 spiro atoms. The van der Waals surface area contributed by atoms with Crippen LogP contribution >= 0.6 is 11.6 Å². The number of rotatable bonds is 6. The number of pyridine rings is 1. The van der Waals surface area contributed by atoms with Crippen molar-refractivity contribution in [2.24, 2.45) is 0 Å². The summed E-state index contributed by atoms with van der Waals surface area (Å²) in [6.07, 6.45) is 1.92. The maximum absolute atomic E-state index is 12.4. The Labute approximate surface area is 133 Å². The molecule has 1 aliphatic rings. The number of nitrogens with one attached hydrogen (secondary N) is 1. The van der Waals surface area contributed by atoms with Gasteiger partial charge >= 0.3 is 0 Å². The molecule has 0 aliphatic carbocycles. The standard InChI is InChI=1S/C15H17ClFN3O2/c1-9(2)5-10(14(21)19-8-17)6-20-7-12-11(15(20)22)3-4-18-13(12)16/h3-5,14,19,21H,1,6-8H2,2H3/b10-5-. The van der Waals surface area contributed by atoms with Gasteiger partial charge in [-0.25, -0.2) is 9.37 Å². The van der Waals surface area contributed by atoms with Gasteiger partial charge in [0.15, 0.2) is 0 Å². The first kappa shape index (κ1) is 16.6. The number of aromatic nitrogens is 1. The molecule has 1 aromatic rings. The molecule has 2 heterocycles. The van der Waals surface area contributed by atoms with Crippen molar-refractivity contribution in [2.75, 3.05) is 13.3 Å². The molecule has 0 saturated heterocycles.